The fraction of sp³-hybridized carbons (Fsp3) is 0.0909. The Morgan fingerprint density at radius 2 is 1.91 bits per heavy atom. The van der Waals surface area contributed by atoms with Crippen LogP contribution in [0.4, 0.5) is 11.6 Å². The number of hydrogen-bond acceptors (Lipinski definition) is 7. The van der Waals surface area contributed by atoms with Gasteiger partial charge < -0.3 is 11.2 Å². The number of hydrogen-bond donors (Lipinski definition) is 3. The van der Waals surface area contributed by atoms with Crippen molar-refractivity contribution in [1.82, 2.24) is 14.9 Å². The van der Waals surface area contributed by atoms with Gasteiger partial charge in [0.2, 0.25) is 11.1 Å². The van der Waals surface area contributed by atoms with Crippen LogP contribution < -0.4 is 16.6 Å². The van der Waals surface area contributed by atoms with Crippen molar-refractivity contribution in [3.63, 3.8) is 0 Å². The molecular formula is C22H20ClN7OS. The highest BCUT2D eigenvalue weighted by Gasteiger charge is 2.12. The van der Waals surface area contributed by atoms with Crippen LogP contribution >= 0.6 is 23.4 Å². The van der Waals surface area contributed by atoms with Crippen LogP contribution in [0.3, 0.4) is 0 Å². The number of aromatic nitrogens is 3. The third-order valence-electron chi connectivity index (χ3n) is 4.60. The van der Waals surface area contributed by atoms with Crippen LogP contribution in [0.15, 0.2) is 77.0 Å². The number of nitrogens with two attached hydrogens (primary N) is 1. The number of thioether (sulfide) groups is 1. The Morgan fingerprint density at radius 3 is 2.72 bits per heavy atom. The predicted molar refractivity (Wildman–Crippen MR) is 131 cm³/mol. The van der Waals surface area contributed by atoms with Crippen molar-refractivity contribution >= 4 is 57.4 Å². The molecule has 0 aliphatic rings. The minimum Gasteiger partial charge on any atom is -0.334 e. The number of rotatable bonds is 7. The zero-order valence-corrected chi connectivity index (χ0v) is 18.7. The highest BCUT2D eigenvalue weighted by Crippen LogP contribution is 2.19. The van der Waals surface area contributed by atoms with Crippen LogP contribution in [0.1, 0.15) is 12.5 Å². The number of carbonyl (C=O) groups excluding carboxylic acids is 1. The predicted octanol–water partition coefficient (Wildman–Crippen LogP) is 4.37. The lowest BCUT2D eigenvalue weighted by Crippen LogP contribution is -2.17. The summed E-state index contributed by atoms with van der Waals surface area (Å²) in [4.78, 5) is 12.2. The molecule has 8 nitrogen and oxygen atoms in total. The van der Waals surface area contributed by atoms with Gasteiger partial charge in [-0.1, -0.05) is 65.8 Å². The molecule has 0 atom stereocenters. The van der Waals surface area contributed by atoms with Gasteiger partial charge in [0.25, 0.3) is 5.95 Å². The molecule has 162 valence electrons. The minimum absolute atomic E-state index is 0.112. The zero-order valence-electron chi connectivity index (χ0n) is 17.1. The van der Waals surface area contributed by atoms with Gasteiger partial charge in [-0.25, -0.2) is 10.1 Å². The van der Waals surface area contributed by atoms with Crippen molar-refractivity contribution in [2.45, 2.75) is 12.1 Å². The highest BCUT2D eigenvalue weighted by atomic mass is 35.5. The van der Waals surface area contributed by atoms with Gasteiger partial charge in [0.1, 0.15) is 0 Å². The van der Waals surface area contributed by atoms with E-state index in [0.717, 1.165) is 28.4 Å². The molecule has 0 spiro atoms. The average molecular weight is 466 g/mol. The van der Waals surface area contributed by atoms with Gasteiger partial charge in [0.05, 0.1) is 11.5 Å². The number of halogens is 1. The number of amides is 1. The summed E-state index contributed by atoms with van der Waals surface area (Å²) in [7, 11) is 0. The first kappa shape index (κ1) is 21.7. The highest BCUT2D eigenvalue weighted by molar-refractivity contribution is 7.99. The number of nitrogens with zero attached hydrogens (tertiary/aromatic N) is 4. The van der Waals surface area contributed by atoms with E-state index in [9.17, 15) is 4.79 Å². The number of fused-ring (bicyclic) bond motifs is 1. The van der Waals surface area contributed by atoms with Crippen LogP contribution in [0.25, 0.3) is 10.8 Å². The van der Waals surface area contributed by atoms with E-state index in [-0.39, 0.29) is 17.6 Å². The van der Waals surface area contributed by atoms with Crippen LogP contribution in [0, 0.1) is 0 Å². The molecule has 0 saturated heterocycles. The van der Waals surface area contributed by atoms with Gasteiger partial charge >= 0.3 is 0 Å². The Bertz CT molecular complexity index is 1300. The van der Waals surface area contributed by atoms with Gasteiger partial charge in [-0.05, 0) is 47.5 Å². The van der Waals surface area contributed by atoms with Gasteiger partial charge in [-0.2, -0.15) is 5.10 Å². The zero-order chi connectivity index (χ0) is 22.5. The molecule has 4 aromatic rings. The molecule has 0 bridgehead atoms. The monoisotopic (exact) mass is 465 g/mol. The summed E-state index contributed by atoms with van der Waals surface area (Å²) in [6, 6.07) is 21.2. The Hall–Kier alpha value is -3.56. The van der Waals surface area contributed by atoms with Crippen LogP contribution in [0.5, 0.6) is 0 Å². The third-order valence-corrected chi connectivity index (χ3v) is 5.77. The maximum absolute atomic E-state index is 12.2. The second-order valence-corrected chi connectivity index (χ2v) is 8.27. The average Bonchev–Trinajstić information content (AvgIpc) is 3.15. The first-order chi connectivity index (χ1) is 15.5. The summed E-state index contributed by atoms with van der Waals surface area (Å²) in [6.07, 6.45) is 0. The number of carbonyl (C=O) groups is 1. The van der Waals surface area contributed by atoms with Crippen molar-refractivity contribution < 1.29 is 4.79 Å². The van der Waals surface area contributed by atoms with Crippen molar-refractivity contribution in [2.75, 3.05) is 22.3 Å². The van der Waals surface area contributed by atoms with E-state index in [0.29, 0.717) is 15.9 Å². The molecule has 1 heterocycles. The van der Waals surface area contributed by atoms with E-state index < -0.39 is 0 Å². The van der Waals surface area contributed by atoms with Gasteiger partial charge in [0, 0.05) is 10.7 Å². The quantitative estimate of drug-likeness (QED) is 0.162. The van der Waals surface area contributed by atoms with Crippen LogP contribution in [-0.2, 0) is 4.79 Å². The summed E-state index contributed by atoms with van der Waals surface area (Å²) >= 11 is 7.09. The molecule has 4 rings (SSSR count). The topological polar surface area (TPSA) is 110 Å². The second-order valence-electron chi connectivity index (χ2n) is 6.89. The fourth-order valence-electron chi connectivity index (χ4n) is 2.96. The molecule has 3 aromatic carbocycles. The van der Waals surface area contributed by atoms with E-state index in [1.54, 1.807) is 24.3 Å². The number of nitrogens with one attached hydrogen (secondary N) is 2. The molecule has 1 amide bonds. The maximum Gasteiger partial charge on any atom is 0.264 e. The first-order valence-corrected chi connectivity index (χ1v) is 11.0. The summed E-state index contributed by atoms with van der Waals surface area (Å²) in [5, 5.41) is 18.4. The van der Waals surface area contributed by atoms with Crippen LogP contribution in [0.2, 0.25) is 5.02 Å². The third kappa shape index (κ3) is 5.19. The van der Waals surface area contributed by atoms with E-state index in [1.807, 2.05) is 25.1 Å². The molecule has 0 radical (unpaired) electrons. The molecule has 0 unspecified atom stereocenters. The van der Waals surface area contributed by atoms with Crippen molar-refractivity contribution in [1.29, 1.82) is 0 Å². The van der Waals surface area contributed by atoms with E-state index in [4.69, 9.17) is 17.4 Å². The van der Waals surface area contributed by atoms with Gasteiger partial charge in [0.15, 0.2) is 0 Å². The number of benzene rings is 3. The molecule has 0 aliphatic carbocycles. The Balaban J connectivity index is 1.37. The first-order valence-electron chi connectivity index (χ1n) is 9.68. The molecule has 0 saturated carbocycles. The van der Waals surface area contributed by atoms with E-state index in [1.165, 1.54) is 10.1 Å². The van der Waals surface area contributed by atoms with Crippen molar-refractivity contribution in [3.05, 3.63) is 77.3 Å². The second kappa shape index (κ2) is 9.71. The minimum atomic E-state index is -0.208. The number of hydrazone groups is 1. The normalized spacial score (nSPS) is 11.5. The molecular weight excluding hydrogens is 446 g/mol. The molecule has 0 fully saturated rings. The molecule has 4 N–H and O–H groups in total. The molecule has 0 aliphatic heterocycles. The van der Waals surface area contributed by atoms with Gasteiger partial charge in [-0.3, -0.25) is 4.79 Å². The Morgan fingerprint density at radius 1 is 1.09 bits per heavy atom. The SMILES string of the molecule is C/C(=N\Nc1nnc(SCC(=O)Nc2cccc(Cl)c2)n1N)c1ccc2ccccc2c1. The smallest absolute Gasteiger partial charge is 0.264 e. The Kier molecular flexibility index (Phi) is 6.58. The van der Waals surface area contributed by atoms with Gasteiger partial charge in [-0.15, -0.1) is 10.2 Å². The molecule has 32 heavy (non-hydrogen) atoms. The number of anilines is 2. The summed E-state index contributed by atoms with van der Waals surface area (Å²) < 4.78 is 1.26. The Labute approximate surface area is 193 Å². The lowest BCUT2D eigenvalue weighted by atomic mass is 10.0. The molecule has 10 heteroatoms. The standard InChI is InChI=1S/C22H20ClN7OS/c1-14(16-10-9-15-5-2-3-6-17(15)11-16)26-27-21-28-29-22(30(21)24)32-13-20(31)25-19-8-4-7-18(23)12-19/h2-12H,13,24H2,1H3,(H,25,31)(H,27,28)/b26-14+. The van der Waals surface area contributed by atoms with Crippen molar-refractivity contribution in [2.24, 2.45) is 5.10 Å². The maximum atomic E-state index is 12.2. The summed E-state index contributed by atoms with van der Waals surface area (Å²) in [6.45, 7) is 1.89. The van der Waals surface area contributed by atoms with E-state index >= 15 is 0 Å². The largest absolute Gasteiger partial charge is 0.334 e. The van der Waals surface area contributed by atoms with Crippen molar-refractivity contribution in [3.8, 4) is 0 Å². The lowest BCUT2D eigenvalue weighted by Gasteiger charge is -2.06. The summed E-state index contributed by atoms with van der Waals surface area (Å²) in [5.41, 5.74) is 5.21. The number of nitrogen functional groups attached to an aromatic ring is 1. The molecule has 1 aromatic heterocycles. The lowest BCUT2D eigenvalue weighted by molar-refractivity contribution is -0.113. The summed E-state index contributed by atoms with van der Waals surface area (Å²) in [5.74, 6) is 6.22. The van der Waals surface area contributed by atoms with Crippen LogP contribution in [-0.4, -0.2) is 32.2 Å². The van der Waals surface area contributed by atoms with E-state index in [2.05, 4.69) is 50.3 Å². The fourth-order valence-corrected chi connectivity index (χ4v) is 3.80.